The second-order valence-electron chi connectivity index (χ2n) is 1.89. The van der Waals surface area contributed by atoms with Crippen molar-refractivity contribution in [3.05, 3.63) is 28.0 Å². The molecule has 0 radical (unpaired) electrons. The molecule has 3 nitrogen and oxygen atoms in total. The van der Waals surface area contributed by atoms with Gasteiger partial charge in [0.05, 0.1) is 16.7 Å². The van der Waals surface area contributed by atoms with Crippen molar-refractivity contribution in [1.82, 2.24) is 4.98 Å². The lowest BCUT2D eigenvalue weighted by molar-refractivity contribution is 0.124. The van der Waals surface area contributed by atoms with Crippen molar-refractivity contribution in [3.63, 3.8) is 0 Å². The normalized spacial score (nSPS) is 10.1. The SMILES string of the molecule is NOCc1c(Cl)cncc1Cl. The van der Waals surface area contributed by atoms with Crippen molar-refractivity contribution in [2.24, 2.45) is 5.90 Å². The molecule has 0 fully saturated rings. The van der Waals surface area contributed by atoms with Crippen LogP contribution in [0.1, 0.15) is 5.56 Å². The number of rotatable bonds is 2. The molecule has 0 amide bonds. The number of halogens is 2. The lowest BCUT2D eigenvalue weighted by Crippen LogP contribution is -2.00. The van der Waals surface area contributed by atoms with Gasteiger partial charge in [-0.15, -0.1) is 0 Å². The molecule has 60 valence electrons. The van der Waals surface area contributed by atoms with E-state index in [9.17, 15) is 0 Å². The van der Waals surface area contributed by atoms with Gasteiger partial charge in [0.15, 0.2) is 0 Å². The van der Waals surface area contributed by atoms with Crippen LogP contribution in [0.5, 0.6) is 0 Å². The van der Waals surface area contributed by atoms with Gasteiger partial charge < -0.3 is 0 Å². The van der Waals surface area contributed by atoms with Crippen LogP contribution in [0.4, 0.5) is 0 Å². The predicted octanol–water partition coefficient (Wildman–Crippen LogP) is 1.78. The van der Waals surface area contributed by atoms with Gasteiger partial charge >= 0.3 is 0 Å². The summed E-state index contributed by atoms with van der Waals surface area (Å²) in [6.45, 7) is 0.195. The van der Waals surface area contributed by atoms with Crippen molar-refractivity contribution in [2.45, 2.75) is 6.61 Å². The molecule has 0 unspecified atom stereocenters. The van der Waals surface area contributed by atoms with Gasteiger partial charge in [-0.1, -0.05) is 23.2 Å². The summed E-state index contributed by atoms with van der Waals surface area (Å²) < 4.78 is 0. The van der Waals surface area contributed by atoms with Gasteiger partial charge in [-0.2, -0.15) is 0 Å². The molecule has 0 aliphatic rings. The maximum atomic E-state index is 5.73. The van der Waals surface area contributed by atoms with E-state index in [1.807, 2.05) is 0 Å². The van der Waals surface area contributed by atoms with Crippen LogP contribution in [0, 0.1) is 0 Å². The smallest absolute Gasteiger partial charge is 0.0960 e. The minimum absolute atomic E-state index is 0.195. The Morgan fingerprint density at radius 3 is 2.36 bits per heavy atom. The molecule has 11 heavy (non-hydrogen) atoms. The number of pyridine rings is 1. The number of aromatic nitrogens is 1. The van der Waals surface area contributed by atoms with Crippen LogP contribution in [0.15, 0.2) is 12.4 Å². The minimum atomic E-state index is 0.195. The molecule has 5 heteroatoms. The number of nitrogens with zero attached hydrogens (tertiary/aromatic N) is 1. The summed E-state index contributed by atoms with van der Waals surface area (Å²) in [5.41, 5.74) is 0.658. The molecule has 1 heterocycles. The van der Waals surface area contributed by atoms with Gasteiger partial charge in [0.25, 0.3) is 0 Å². The largest absolute Gasteiger partial charge is 0.300 e. The molecular weight excluding hydrogens is 187 g/mol. The molecule has 1 aromatic rings. The van der Waals surface area contributed by atoms with Crippen LogP contribution in [0.2, 0.25) is 10.0 Å². The molecule has 0 aromatic carbocycles. The van der Waals surface area contributed by atoms with Gasteiger partial charge in [0.2, 0.25) is 0 Å². The zero-order chi connectivity index (χ0) is 8.27. The highest BCUT2D eigenvalue weighted by Gasteiger charge is 2.04. The highest BCUT2D eigenvalue weighted by molar-refractivity contribution is 6.35. The molecule has 0 saturated carbocycles. The van der Waals surface area contributed by atoms with E-state index in [-0.39, 0.29) is 6.61 Å². The molecule has 1 rings (SSSR count). The Hall–Kier alpha value is -0.350. The zero-order valence-electron chi connectivity index (χ0n) is 5.55. The molecular formula is C6H6Cl2N2O. The second-order valence-corrected chi connectivity index (χ2v) is 2.71. The van der Waals surface area contributed by atoms with E-state index in [1.165, 1.54) is 12.4 Å². The Bertz CT molecular complexity index is 234. The van der Waals surface area contributed by atoms with E-state index in [0.29, 0.717) is 15.6 Å². The van der Waals surface area contributed by atoms with E-state index in [0.717, 1.165) is 0 Å². The minimum Gasteiger partial charge on any atom is -0.300 e. The van der Waals surface area contributed by atoms with Gasteiger partial charge in [-0.25, -0.2) is 5.90 Å². The molecule has 0 atom stereocenters. The van der Waals surface area contributed by atoms with Crippen LogP contribution < -0.4 is 5.90 Å². The van der Waals surface area contributed by atoms with E-state index in [2.05, 4.69) is 9.82 Å². The maximum Gasteiger partial charge on any atom is 0.0960 e. The molecule has 0 spiro atoms. The fourth-order valence-electron chi connectivity index (χ4n) is 0.659. The predicted molar refractivity (Wildman–Crippen MR) is 43.2 cm³/mol. The van der Waals surface area contributed by atoms with Crippen LogP contribution in [-0.2, 0) is 11.4 Å². The standard InChI is InChI=1S/C6H6Cl2N2O/c7-5-1-10-2-6(8)4(5)3-11-9/h1-2H,3,9H2. The number of hydrogen-bond donors (Lipinski definition) is 1. The maximum absolute atomic E-state index is 5.73. The second kappa shape index (κ2) is 3.88. The summed E-state index contributed by atoms with van der Waals surface area (Å²) in [4.78, 5) is 8.16. The van der Waals surface area contributed by atoms with Crippen LogP contribution in [-0.4, -0.2) is 4.98 Å². The Morgan fingerprint density at radius 2 is 1.91 bits per heavy atom. The van der Waals surface area contributed by atoms with Crippen LogP contribution in [0.25, 0.3) is 0 Å². The Labute approximate surface area is 74.0 Å². The topological polar surface area (TPSA) is 48.1 Å². The third-order valence-corrected chi connectivity index (χ3v) is 1.83. The molecule has 2 N–H and O–H groups in total. The molecule has 0 bridgehead atoms. The van der Waals surface area contributed by atoms with Gasteiger partial charge in [-0.3, -0.25) is 9.82 Å². The monoisotopic (exact) mass is 192 g/mol. The Kier molecular flexibility index (Phi) is 3.08. The molecule has 1 aromatic heterocycles. The quantitative estimate of drug-likeness (QED) is 0.728. The Balaban J connectivity index is 3.00. The lowest BCUT2D eigenvalue weighted by Gasteiger charge is -2.02. The van der Waals surface area contributed by atoms with Crippen molar-refractivity contribution in [3.8, 4) is 0 Å². The van der Waals surface area contributed by atoms with E-state index in [4.69, 9.17) is 29.1 Å². The Morgan fingerprint density at radius 1 is 1.36 bits per heavy atom. The van der Waals surface area contributed by atoms with Crippen molar-refractivity contribution < 1.29 is 4.84 Å². The first-order valence-electron chi connectivity index (χ1n) is 2.85. The highest BCUT2D eigenvalue weighted by Crippen LogP contribution is 2.22. The lowest BCUT2D eigenvalue weighted by atomic mass is 10.3. The van der Waals surface area contributed by atoms with Crippen LogP contribution in [0.3, 0.4) is 0 Å². The first kappa shape index (κ1) is 8.74. The average Bonchev–Trinajstić information content (AvgIpc) is 1.97. The summed E-state index contributed by atoms with van der Waals surface area (Å²) >= 11 is 11.5. The summed E-state index contributed by atoms with van der Waals surface area (Å²) in [5.74, 6) is 4.86. The third-order valence-electron chi connectivity index (χ3n) is 1.18. The summed E-state index contributed by atoms with van der Waals surface area (Å²) in [6, 6.07) is 0. The van der Waals surface area contributed by atoms with E-state index in [1.54, 1.807) is 0 Å². The number of nitrogens with two attached hydrogens (primary N) is 1. The fraction of sp³-hybridized carbons (Fsp3) is 0.167. The van der Waals surface area contributed by atoms with Gasteiger partial charge in [-0.05, 0) is 0 Å². The highest BCUT2D eigenvalue weighted by atomic mass is 35.5. The molecule has 0 aliphatic carbocycles. The zero-order valence-corrected chi connectivity index (χ0v) is 7.06. The van der Waals surface area contributed by atoms with Crippen LogP contribution >= 0.6 is 23.2 Å². The van der Waals surface area contributed by atoms with Gasteiger partial charge in [0, 0.05) is 18.0 Å². The number of hydrogen-bond acceptors (Lipinski definition) is 3. The van der Waals surface area contributed by atoms with E-state index < -0.39 is 0 Å². The first-order valence-corrected chi connectivity index (χ1v) is 3.61. The average molecular weight is 193 g/mol. The summed E-state index contributed by atoms with van der Waals surface area (Å²) in [5, 5.41) is 0.922. The van der Waals surface area contributed by atoms with Crippen molar-refractivity contribution in [1.29, 1.82) is 0 Å². The third kappa shape index (κ3) is 2.04. The molecule has 0 aliphatic heterocycles. The molecule has 0 saturated heterocycles. The first-order chi connectivity index (χ1) is 5.25. The van der Waals surface area contributed by atoms with E-state index >= 15 is 0 Å². The summed E-state index contributed by atoms with van der Waals surface area (Å²) in [6.07, 6.45) is 2.98. The van der Waals surface area contributed by atoms with Crippen molar-refractivity contribution >= 4 is 23.2 Å². The summed E-state index contributed by atoms with van der Waals surface area (Å²) in [7, 11) is 0. The fourth-order valence-corrected chi connectivity index (χ4v) is 1.13. The van der Waals surface area contributed by atoms with Gasteiger partial charge in [0.1, 0.15) is 0 Å². The van der Waals surface area contributed by atoms with Crippen molar-refractivity contribution in [2.75, 3.05) is 0 Å².